The van der Waals surface area contributed by atoms with Gasteiger partial charge in [-0.1, -0.05) is 36.4 Å². The molecular formula is C28H34N4O2. The average molecular weight is 459 g/mol. The third-order valence-electron chi connectivity index (χ3n) is 7.32. The first-order chi connectivity index (χ1) is 16.7. The van der Waals surface area contributed by atoms with Crippen LogP contribution in [0.3, 0.4) is 0 Å². The number of carbonyl (C=O) groups excluding carboxylic acids is 1. The lowest BCUT2D eigenvalue weighted by molar-refractivity contribution is -0.112. The highest BCUT2D eigenvalue weighted by Crippen LogP contribution is 2.34. The van der Waals surface area contributed by atoms with Gasteiger partial charge in [0.25, 0.3) is 0 Å². The molecule has 2 heterocycles. The molecule has 2 saturated heterocycles. The molecule has 0 aliphatic carbocycles. The van der Waals surface area contributed by atoms with Crippen molar-refractivity contribution in [1.29, 1.82) is 0 Å². The number of methoxy groups -OCH3 is 1. The zero-order chi connectivity index (χ0) is 23.5. The second-order valence-electron chi connectivity index (χ2n) is 9.36. The molecule has 0 aromatic heterocycles. The van der Waals surface area contributed by atoms with Crippen LogP contribution in [0.5, 0.6) is 5.75 Å². The number of benzene rings is 3. The Labute approximate surface area is 202 Å². The SMILES string of the molecule is COc1ccc(N2CCN(C(C=O)c3ccc4ccccc4c3)CC2)cc1N1CCN(C)CC1. The van der Waals surface area contributed by atoms with Crippen molar-refractivity contribution in [2.24, 2.45) is 0 Å². The fraction of sp³-hybridized carbons (Fsp3) is 0.393. The summed E-state index contributed by atoms with van der Waals surface area (Å²) in [5, 5.41) is 2.39. The van der Waals surface area contributed by atoms with E-state index < -0.39 is 0 Å². The second kappa shape index (κ2) is 10.0. The molecule has 0 radical (unpaired) electrons. The van der Waals surface area contributed by atoms with Gasteiger partial charge in [0.1, 0.15) is 12.0 Å². The number of fused-ring (bicyclic) bond motifs is 1. The first-order valence-corrected chi connectivity index (χ1v) is 12.2. The molecule has 3 aromatic rings. The summed E-state index contributed by atoms with van der Waals surface area (Å²) >= 11 is 0. The Kier molecular flexibility index (Phi) is 6.70. The van der Waals surface area contributed by atoms with Crippen LogP contribution in [0.2, 0.25) is 0 Å². The highest BCUT2D eigenvalue weighted by molar-refractivity contribution is 5.84. The third kappa shape index (κ3) is 4.61. The molecule has 5 rings (SSSR count). The van der Waals surface area contributed by atoms with E-state index in [2.05, 4.69) is 75.2 Å². The van der Waals surface area contributed by atoms with E-state index in [9.17, 15) is 4.79 Å². The van der Waals surface area contributed by atoms with E-state index in [4.69, 9.17) is 4.74 Å². The summed E-state index contributed by atoms with van der Waals surface area (Å²) in [7, 11) is 3.93. The van der Waals surface area contributed by atoms with Crippen LogP contribution in [-0.2, 0) is 4.79 Å². The largest absolute Gasteiger partial charge is 0.495 e. The van der Waals surface area contributed by atoms with Gasteiger partial charge >= 0.3 is 0 Å². The summed E-state index contributed by atoms with van der Waals surface area (Å²) in [5.74, 6) is 0.935. The molecule has 0 amide bonds. The van der Waals surface area contributed by atoms with Gasteiger partial charge in [0.15, 0.2) is 0 Å². The zero-order valence-corrected chi connectivity index (χ0v) is 20.2. The summed E-state index contributed by atoms with van der Waals surface area (Å²) in [5.41, 5.74) is 3.48. The van der Waals surface area contributed by atoms with Gasteiger partial charge in [-0.25, -0.2) is 0 Å². The Morgan fingerprint density at radius 3 is 2.21 bits per heavy atom. The monoisotopic (exact) mass is 458 g/mol. The highest BCUT2D eigenvalue weighted by atomic mass is 16.5. The van der Waals surface area contributed by atoms with Crippen molar-refractivity contribution >= 4 is 28.4 Å². The molecule has 0 spiro atoms. The second-order valence-corrected chi connectivity index (χ2v) is 9.36. The Morgan fingerprint density at radius 2 is 1.50 bits per heavy atom. The van der Waals surface area contributed by atoms with Crippen molar-refractivity contribution < 1.29 is 9.53 Å². The molecule has 2 aliphatic rings. The van der Waals surface area contributed by atoms with Crippen molar-refractivity contribution in [3.05, 3.63) is 66.2 Å². The van der Waals surface area contributed by atoms with Gasteiger partial charge in [0, 0.05) is 58.0 Å². The Morgan fingerprint density at radius 1 is 0.794 bits per heavy atom. The number of ether oxygens (including phenoxy) is 1. The van der Waals surface area contributed by atoms with Gasteiger partial charge in [0.05, 0.1) is 18.8 Å². The number of rotatable bonds is 6. The smallest absolute Gasteiger partial charge is 0.142 e. The van der Waals surface area contributed by atoms with Gasteiger partial charge in [-0.3, -0.25) is 4.90 Å². The van der Waals surface area contributed by atoms with Crippen LogP contribution in [0.1, 0.15) is 11.6 Å². The highest BCUT2D eigenvalue weighted by Gasteiger charge is 2.26. The topological polar surface area (TPSA) is 39.3 Å². The maximum Gasteiger partial charge on any atom is 0.142 e. The molecule has 1 atom stereocenters. The van der Waals surface area contributed by atoms with E-state index in [1.807, 2.05) is 12.1 Å². The maximum absolute atomic E-state index is 12.1. The lowest BCUT2D eigenvalue weighted by Crippen LogP contribution is -2.48. The molecule has 0 N–H and O–H groups in total. The molecule has 1 unspecified atom stereocenters. The molecule has 3 aromatic carbocycles. The number of carbonyl (C=O) groups is 1. The van der Waals surface area contributed by atoms with Crippen LogP contribution < -0.4 is 14.5 Å². The molecule has 2 aliphatic heterocycles. The number of nitrogens with zero attached hydrogens (tertiary/aromatic N) is 4. The predicted octanol–water partition coefficient (Wildman–Crippen LogP) is 3.66. The van der Waals surface area contributed by atoms with Gasteiger partial charge in [0.2, 0.25) is 0 Å². The standard InChI is InChI=1S/C28H34N4O2/c1-29-11-13-31(14-12-29)26-20-25(9-10-28(26)34-2)30-15-17-32(18-16-30)27(21-33)24-8-7-22-5-3-4-6-23(22)19-24/h3-10,19-21,27H,11-18H2,1-2H3. The lowest BCUT2D eigenvalue weighted by atomic mass is 10.0. The summed E-state index contributed by atoms with van der Waals surface area (Å²) in [6, 6.07) is 21.0. The van der Waals surface area contributed by atoms with Crippen LogP contribution in [0.25, 0.3) is 10.8 Å². The fourth-order valence-corrected chi connectivity index (χ4v) is 5.20. The first-order valence-electron chi connectivity index (χ1n) is 12.2. The number of aldehydes is 1. The van der Waals surface area contributed by atoms with Crippen LogP contribution in [-0.4, -0.2) is 82.6 Å². The Balaban J connectivity index is 1.29. The van der Waals surface area contributed by atoms with Gasteiger partial charge < -0.3 is 24.2 Å². The van der Waals surface area contributed by atoms with E-state index in [0.717, 1.165) is 70.0 Å². The van der Waals surface area contributed by atoms with E-state index in [-0.39, 0.29) is 6.04 Å². The van der Waals surface area contributed by atoms with Crippen molar-refractivity contribution in [2.45, 2.75) is 6.04 Å². The van der Waals surface area contributed by atoms with Crippen LogP contribution in [0.15, 0.2) is 60.7 Å². The van der Waals surface area contributed by atoms with E-state index in [1.54, 1.807) is 7.11 Å². The van der Waals surface area contributed by atoms with E-state index in [1.165, 1.54) is 22.1 Å². The summed E-state index contributed by atoms with van der Waals surface area (Å²) in [4.78, 5) is 21.7. The van der Waals surface area contributed by atoms with Crippen molar-refractivity contribution in [3.8, 4) is 5.75 Å². The minimum absolute atomic E-state index is 0.205. The zero-order valence-electron chi connectivity index (χ0n) is 20.2. The molecule has 0 saturated carbocycles. The summed E-state index contributed by atoms with van der Waals surface area (Å²) in [6.07, 6.45) is 1.10. The predicted molar refractivity (Wildman–Crippen MR) is 139 cm³/mol. The number of hydrogen-bond donors (Lipinski definition) is 0. The minimum atomic E-state index is -0.205. The van der Waals surface area contributed by atoms with Crippen molar-refractivity contribution in [3.63, 3.8) is 0 Å². The Hall–Kier alpha value is -3.09. The lowest BCUT2D eigenvalue weighted by Gasteiger charge is -2.39. The molecule has 0 bridgehead atoms. The van der Waals surface area contributed by atoms with Gasteiger partial charge in [-0.05, 0) is 47.6 Å². The molecule has 178 valence electrons. The van der Waals surface area contributed by atoms with Crippen LogP contribution >= 0.6 is 0 Å². The first kappa shape index (κ1) is 22.7. The van der Waals surface area contributed by atoms with Crippen molar-refractivity contribution in [1.82, 2.24) is 9.80 Å². The molecule has 6 heteroatoms. The molecular weight excluding hydrogens is 424 g/mol. The van der Waals surface area contributed by atoms with E-state index >= 15 is 0 Å². The number of piperazine rings is 2. The maximum atomic E-state index is 12.1. The van der Waals surface area contributed by atoms with Crippen molar-refractivity contribution in [2.75, 3.05) is 76.3 Å². The van der Waals surface area contributed by atoms with Crippen LogP contribution in [0, 0.1) is 0 Å². The molecule has 2 fully saturated rings. The fourth-order valence-electron chi connectivity index (χ4n) is 5.20. The number of hydrogen-bond acceptors (Lipinski definition) is 6. The molecule has 6 nitrogen and oxygen atoms in total. The minimum Gasteiger partial charge on any atom is -0.495 e. The number of likely N-dealkylation sites (N-methyl/N-ethyl adjacent to an activating group) is 1. The van der Waals surface area contributed by atoms with Crippen LogP contribution in [0.4, 0.5) is 11.4 Å². The summed E-state index contributed by atoms with van der Waals surface area (Å²) < 4.78 is 5.69. The molecule has 34 heavy (non-hydrogen) atoms. The average Bonchev–Trinajstić information content (AvgIpc) is 2.89. The normalized spacial score (nSPS) is 18.8. The Bertz CT molecular complexity index is 1130. The quantitative estimate of drug-likeness (QED) is 0.525. The number of anilines is 2. The van der Waals surface area contributed by atoms with E-state index in [0.29, 0.717) is 0 Å². The van der Waals surface area contributed by atoms with Gasteiger partial charge in [-0.15, -0.1) is 0 Å². The van der Waals surface area contributed by atoms with Gasteiger partial charge in [-0.2, -0.15) is 0 Å². The summed E-state index contributed by atoms with van der Waals surface area (Å²) in [6.45, 7) is 7.65. The third-order valence-corrected chi connectivity index (χ3v) is 7.32.